The maximum atomic E-state index is 12.8. The van der Waals surface area contributed by atoms with Crippen molar-refractivity contribution in [3.8, 4) is 5.75 Å². The third-order valence-electron chi connectivity index (χ3n) is 5.11. The molecule has 0 saturated carbocycles. The number of carbonyl (C=O) groups excluding carboxylic acids is 3. The number of amides is 3. The lowest BCUT2D eigenvalue weighted by molar-refractivity contribution is -0.122. The van der Waals surface area contributed by atoms with Gasteiger partial charge in [-0.1, -0.05) is 31.5 Å². The summed E-state index contributed by atoms with van der Waals surface area (Å²) in [6.45, 7) is 2.92. The Morgan fingerprint density at radius 1 is 1.17 bits per heavy atom. The van der Waals surface area contributed by atoms with Crippen LogP contribution in [0.5, 0.6) is 5.75 Å². The molecule has 7 nitrogen and oxygen atoms in total. The first-order chi connectivity index (χ1) is 14.5. The third kappa shape index (κ3) is 4.97. The normalized spacial score (nSPS) is 15.7. The lowest BCUT2D eigenvalue weighted by Crippen LogP contribution is -2.29. The van der Waals surface area contributed by atoms with Gasteiger partial charge in [-0.05, 0) is 30.7 Å². The van der Waals surface area contributed by atoms with Crippen molar-refractivity contribution >= 4 is 29.1 Å². The fourth-order valence-electron chi connectivity index (χ4n) is 3.41. The number of nitrogens with one attached hydrogen (secondary N) is 2. The minimum absolute atomic E-state index is 0.117. The Morgan fingerprint density at radius 2 is 1.97 bits per heavy atom. The zero-order valence-electron chi connectivity index (χ0n) is 17.3. The van der Waals surface area contributed by atoms with Crippen LogP contribution in [0.25, 0.3) is 0 Å². The molecule has 30 heavy (non-hydrogen) atoms. The molecule has 7 heteroatoms. The van der Waals surface area contributed by atoms with Gasteiger partial charge in [-0.15, -0.1) is 0 Å². The van der Waals surface area contributed by atoms with E-state index in [0.29, 0.717) is 29.2 Å². The lowest BCUT2D eigenvalue weighted by atomic mass is 10.1. The molecular weight excluding hydrogens is 382 g/mol. The van der Waals surface area contributed by atoms with Gasteiger partial charge in [-0.25, -0.2) is 0 Å². The van der Waals surface area contributed by atoms with E-state index in [-0.39, 0.29) is 30.7 Å². The standard InChI is InChI=1S/C23H27N3O4/c1-3-4-12-24-23(29)19-10-5-6-11-20(19)25-22(28)16-13-21(27)26(15-16)17-8-7-9-18(14-17)30-2/h5-11,14,16H,3-4,12-13,15H2,1-2H3,(H,24,29)(H,25,28). The summed E-state index contributed by atoms with van der Waals surface area (Å²) in [7, 11) is 1.57. The van der Waals surface area contributed by atoms with Crippen LogP contribution in [0, 0.1) is 5.92 Å². The Hall–Kier alpha value is -3.35. The Balaban J connectivity index is 1.68. The van der Waals surface area contributed by atoms with Crippen molar-refractivity contribution in [3.63, 3.8) is 0 Å². The van der Waals surface area contributed by atoms with Crippen LogP contribution in [-0.2, 0) is 9.59 Å². The number of rotatable bonds is 8. The number of para-hydroxylation sites is 1. The van der Waals surface area contributed by atoms with E-state index in [2.05, 4.69) is 17.6 Å². The van der Waals surface area contributed by atoms with Gasteiger partial charge in [0.2, 0.25) is 11.8 Å². The molecule has 1 saturated heterocycles. The molecule has 2 aromatic carbocycles. The predicted molar refractivity (Wildman–Crippen MR) is 116 cm³/mol. The van der Waals surface area contributed by atoms with Gasteiger partial charge in [0.15, 0.2) is 0 Å². The van der Waals surface area contributed by atoms with E-state index in [1.165, 1.54) is 0 Å². The van der Waals surface area contributed by atoms with E-state index >= 15 is 0 Å². The summed E-state index contributed by atoms with van der Waals surface area (Å²) in [4.78, 5) is 39.4. The highest BCUT2D eigenvalue weighted by Crippen LogP contribution is 2.29. The molecule has 158 valence electrons. The van der Waals surface area contributed by atoms with Gasteiger partial charge in [-0.3, -0.25) is 14.4 Å². The number of hydrogen-bond donors (Lipinski definition) is 2. The number of ether oxygens (including phenoxy) is 1. The van der Waals surface area contributed by atoms with Crippen LogP contribution in [0.15, 0.2) is 48.5 Å². The van der Waals surface area contributed by atoms with Crippen molar-refractivity contribution in [1.82, 2.24) is 5.32 Å². The van der Waals surface area contributed by atoms with Crippen molar-refractivity contribution in [3.05, 3.63) is 54.1 Å². The Labute approximate surface area is 176 Å². The Morgan fingerprint density at radius 3 is 2.73 bits per heavy atom. The monoisotopic (exact) mass is 409 g/mol. The maximum Gasteiger partial charge on any atom is 0.253 e. The number of nitrogens with zero attached hydrogens (tertiary/aromatic N) is 1. The van der Waals surface area contributed by atoms with Crippen LogP contribution in [0.4, 0.5) is 11.4 Å². The van der Waals surface area contributed by atoms with Crippen molar-refractivity contribution in [2.45, 2.75) is 26.2 Å². The smallest absolute Gasteiger partial charge is 0.253 e. The summed E-state index contributed by atoms with van der Waals surface area (Å²) in [6, 6.07) is 14.1. The summed E-state index contributed by atoms with van der Waals surface area (Å²) in [6.07, 6.45) is 2.00. The molecule has 1 fully saturated rings. The fourth-order valence-corrected chi connectivity index (χ4v) is 3.41. The van der Waals surface area contributed by atoms with Crippen molar-refractivity contribution in [2.24, 2.45) is 5.92 Å². The van der Waals surface area contributed by atoms with Gasteiger partial charge in [0, 0.05) is 31.3 Å². The van der Waals surface area contributed by atoms with E-state index in [9.17, 15) is 14.4 Å². The molecule has 1 atom stereocenters. The maximum absolute atomic E-state index is 12.8. The van der Waals surface area contributed by atoms with E-state index in [1.54, 1.807) is 48.4 Å². The minimum atomic E-state index is -0.500. The predicted octanol–water partition coefficient (Wildman–Crippen LogP) is 3.22. The summed E-state index contributed by atoms with van der Waals surface area (Å²) in [5, 5.41) is 5.70. The largest absolute Gasteiger partial charge is 0.497 e. The molecule has 1 aliphatic heterocycles. The molecule has 3 amide bonds. The van der Waals surface area contributed by atoms with Crippen LogP contribution in [0.1, 0.15) is 36.5 Å². The molecule has 1 unspecified atom stereocenters. The molecule has 0 bridgehead atoms. The number of anilines is 2. The average Bonchev–Trinajstić information content (AvgIpc) is 3.16. The summed E-state index contributed by atoms with van der Waals surface area (Å²) >= 11 is 0. The van der Waals surface area contributed by atoms with Crippen LogP contribution in [0.3, 0.4) is 0 Å². The molecule has 3 rings (SSSR count). The van der Waals surface area contributed by atoms with E-state index in [1.807, 2.05) is 12.1 Å². The zero-order valence-corrected chi connectivity index (χ0v) is 17.3. The van der Waals surface area contributed by atoms with Crippen LogP contribution >= 0.6 is 0 Å². The van der Waals surface area contributed by atoms with E-state index < -0.39 is 5.92 Å². The lowest BCUT2D eigenvalue weighted by Gasteiger charge is -2.18. The first-order valence-electron chi connectivity index (χ1n) is 10.2. The van der Waals surface area contributed by atoms with Crippen molar-refractivity contribution in [2.75, 3.05) is 30.4 Å². The highest BCUT2D eigenvalue weighted by Gasteiger charge is 2.35. The average molecular weight is 409 g/mol. The number of hydrogen-bond acceptors (Lipinski definition) is 4. The van der Waals surface area contributed by atoms with Gasteiger partial charge < -0.3 is 20.3 Å². The molecule has 2 aromatic rings. The molecule has 0 radical (unpaired) electrons. The molecule has 2 N–H and O–H groups in total. The molecule has 1 aliphatic rings. The van der Waals surface area contributed by atoms with Crippen LogP contribution in [-0.4, -0.2) is 37.9 Å². The molecular formula is C23H27N3O4. The van der Waals surface area contributed by atoms with Gasteiger partial charge >= 0.3 is 0 Å². The number of benzene rings is 2. The SMILES string of the molecule is CCCCNC(=O)c1ccccc1NC(=O)C1CC(=O)N(c2cccc(OC)c2)C1. The first kappa shape index (κ1) is 21.4. The molecule has 0 aliphatic carbocycles. The topological polar surface area (TPSA) is 87.7 Å². The fraction of sp³-hybridized carbons (Fsp3) is 0.348. The summed E-state index contributed by atoms with van der Waals surface area (Å²) in [5.41, 5.74) is 1.56. The Bertz CT molecular complexity index is 928. The highest BCUT2D eigenvalue weighted by atomic mass is 16.5. The number of unbranched alkanes of at least 4 members (excludes halogenated alkanes) is 1. The van der Waals surface area contributed by atoms with Gasteiger partial charge in [0.25, 0.3) is 5.91 Å². The summed E-state index contributed by atoms with van der Waals surface area (Å²) < 4.78 is 5.22. The van der Waals surface area contributed by atoms with Crippen LogP contribution < -0.4 is 20.3 Å². The van der Waals surface area contributed by atoms with E-state index in [4.69, 9.17) is 4.74 Å². The molecule has 0 aromatic heterocycles. The van der Waals surface area contributed by atoms with Gasteiger partial charge in [0.1, 0.15) is 5.75 Å². The highest BCUT2D eigenvalue weighted by molar-refractivity contribution is 6.07. The number of carbonyl (C=O) groups is 3. The second-order valence-electron chi connectivity index (χ2n) is 7.25. The second-order valence-corrected chi connectivity index (χ2v) is 7.25. The quantitative estimate of drug-likeness (QED) is 0.656. The minimum Gasteiger partial charge on any atom is -0.497 e. The Kier molecular flexibility index (Phi) is 7.06. The molecule has 0 spiro atoms. The van der Waals surface area contributed by atoms with Crippen molar-refractivity contribution in [1.29, 1.82) is 0 Å². The van der Waals surface area contributed by atoms with Gasteiger partial charge in [0.05, 0.1) is 24.3 Å². The van der Waals surface area contributed by atoms with Crippen LogP contribution in [0.2, 0.25) is 0 Å². The van der Waals surface area contributed by atoms with Crippen molar-refractivity contribution < 1.29 is 19.1 Å². The van der Waals surface area contributed by atoms with E-state index in [0.717, 1.165) is 12.8 Å². The molecule has 1 heterocycles. The summed E-state index contributed by atoms with van der Waals surface area (Å²) in [5.74, 6) is -0.465. The first-order valence-corrected chi connectivity index (χ1v) is 10.2. The second kappa shape index (κ2) is 9.91. The zero-order chi connectivity index (χ0) is 21.5. The number of methoxy groups -OCH3 is 1. The third-order valence-corrected chi connectivity index (χ3v) is 5.11. The van der Waals surface area contributed by atoms with Gasteiger partial charge in [-0.2, -0.15) is 0 Å².